The van der Waals surface area contributed by atoms with Crippen molar-refractivity contribution >= 4 is 29.2 Å². The first-order valence-electron chi connectivity index (χ1n) is 11.0. The zero-order valence-corrected chi connectivity index (χ0v) is 18.8. The standard InChI is InChI=1S/C25H27N7O/c1-30(2)21-10-8-19(9-11-21)18-26-28-23-17-25(31-12-14-33-15-13-31)32-24(27-23)16-22(29-32)20-6-4-3-5-7-20/h3-11,16-18H,12-15H2,1-2H3,(H,27,28). The fraction of sp³-hybridized carbons (Fsp3) is 0.240. The van der Waals surface area contributed by atoms with Crippen LogP contribution in [0.5, 0.6) is 0 Å². The Labute approximate surface area is 193 Å². The van der Waals surface area contributed by atoms with Gasteiger partial charge >= 0.3 is 0 Å². The number of hydrogen-bond donors (Lipinski definition) is 1. The summed E-state index contributed by atoms with van der Waals surface area (Å²) in [7, 11) is 4.05. The van der Waals surface area contributed by atoms with E-state index in [9.17, 15) is 0 Å². The van der Waals surface area contributed by atoms with Crippen LogP contribution in [-0.4, -0.2) is 61.2 Å². The van der Waals surface area contributed by atoms with Gasteiger partial charge in [-0.05, 0) is 17.7 Å². The van der Waals surface area contributed by atoms with Crippen LogP contribution in [0.4, 0.5) is 17.3 Å². The molecule has 5 rings (SSSR count). The second kappa shape index (κ2) is 9.30. The van der Waals surface area contributed by atoms with E-state index in [0.29, 0.717) is 19.0 Å². The molecular formula is C25H27N7O. The van der Waals surface area contributed by atoms with E-state index in [2.05, 4.69) is 44.6 Å². The highest BCUT2D eigenvalue weighted by Gasteiger charge is 2.18. The van der Waals surface area contributed by atoms with Gasteiger partial charge in [0, 0.05) is 50.6 Å². The fourth-order valence-corrected chi connectivity index (χ4v) is 3.82. The quantitative estimate of drug-likeness (QED) is 0.363. The average molecular weight is 442 g/mol. The Kier molecular flexibility index (Phi) is 5.91. The molecule has 2 aromatic carbocycles. The van der Waals surface area contributed by atoms with Gasteiger partial charge in [0.2, 0.25) is 0 Å². The lowest BCUT2D eigenvalue weighted by Crippen LogP contribution is -2.37. The lowest BCUT2D eigenvalue weighted by atomic mass is 10.2. The molecular weight excluding hydrogens is 414 g/mol. The summed E-state index contributed by atoms with van der Waals surface area (Å²) < 4.78 is 7.45. The summed E-state index contributed by atoms with van der Waals surface area (Å²) in [6, 6.07) is 22.4. The van der Waals surface area contributed by atoms with Gasteiger partial charge in [0.25, 0.3) is 0 Å². The summed E-state index contributed by atoms with van der Waals surface area (Å²) in [5.74, 6) is 1.64. The number of fused-ring (bicyclic) bond motifs is 1. The SMILES string of the molecule is CN(C)c1ccc(C=NNc2cc(N3CCOCC3)n3nc(-c4ccccc4)cc3n2)cc1. The van der Waals surface area contributed by atoms with E-state index >= 15 is 0 Å². The molecule has 1 fully saturated rings. The molecule has 0 radical (unpaired) electrons. The molecule has 0 bridgehead atoms. The van der Waals surface area contributed by atoms with Crippen molar-refractivity contribution in [3.63, 3.8) is 0 Å². The van der Waals surface area contributed by atoms with Gasteiger partial charge in [-0.1, -0.05) is 42.5 Å². The van der Waals surface area contributed by atoms with Crippen LogP contribution in [0.25, 0.3) is 16.9 Å². The van der Waals surface area contributed by atoms with E-state index in [1.165, 1.54) is 0 Å². The molecule has 0 atom stereocenters. The van der Waals surface area contributed by atoms with Crippen molar-refractivity contribution < 1.29 is 4.74 Å². The molecule has 0 spiro atoms. The van der Waals surface area contributed by atoms with Crippen molar-refractivity contribution in [2.75, 3.05) is 55.6 Å². The van der Waals surface area contributed by atoms with Crippen molar-refractivity contribution in [2.24, 2.45) is 5.10 Å². The van der Waals surface area contributed by atoms with Crippen LogP contribution in [-0.2, 0) is 4.74 Å². The Morgan fingerprint density at radius 3 is 2.48 bits per heavy atom. The van der Waals surface area contributed by atoms with Gasteiger partial charge in [0.1, 0.15) is 5.82 Å². The molecule has 2 aromatic heterocycles. The van der Waals surface area contributed by atoms with Gasteiger partial charge in [-0.25, -0.2) is 4.98 Å². The molecule has 0 saturated carbocycles. The number of hydrazone groups is 1. The third kappa shape index (κ3) is 4.65. The van der Waals surface area contributed by atoms with Gasteiger partial charge in [-0.2, -0.15) is 14.7 Å². The second-order valence-electron chi connectivity index (χ2n) is 8.12. The van der Waals surface area contributed by atoms with Crippen LogP contribution in [0.3, 0.4) is 0 Å². The highest BCUT2D eigenvalue weighted by Crippen LogP contribution is 2.25. The minimum Gasteiger partial charge on any atom is -0.378 e. The number of morpholine rings is 1. The molecule has 0 aliphatic carbocycles. The lowest BCUT2D eigenvalue weighted by Gasteiger charge is -2.29. The minimum atomic E-state index is 0.671. The number of benzene rings is 2. The number of aromatic nitrogens is 3. The summed E-state index contributed by atoms with van der Waals surface area (Å²) in [6.07, 6.45) is 1.80. The van der Waals surface area contributed by atoms with Gasteiger partial charge in [0.15, 0.2) is 11.5 Å². The third-order valence-corrected chi connectivity index (χ3v) is 5.62. The normalized spacial score (nSPS) is 14.2. The Balaban J connectivity index is 1.45. The molecule has 8 nitrogen and oxygen atoms in total. The van der Waals surface area contributed by atoms with Crippen LogP contribution in [0.2, 0.25) is 0 Å². The molecule has 4 aromatic rings. The van der Waals surface area contributed by atoms with E-state index in [0.717, 1.165) is 47.1 Å². The maximum Gasteiger partial charge on any atom is 0.160 e. The number of rotatable bonds is 6. The van der Waals surface area contributed by atoms with Crippen molar-refractivity contribution in [3.05, 3.63) is 72.3 Å². The monoisotopic (exact) mass is 441 g/mol. The topological polar surface area (TPSA) is 70.3 Å². The van der Waals surface area contributed by atoms with Gasteiger partial charge < -0.3 is 14.5 Å². The van der Waals surface area contributed by atoms with Crippen molar-refractivity contribution in [1.82, 2.24) is 14.6 Å². The minimum absolute atomic E-state index is 0.671. The third-order valence-electron chi connectivity index (χ3n) is 5.62. The predicted molar refractivity (Wildman–Crippen MR) is 133 cm³/mol. The van der Waals surface area contributed by atoms with Gasteiger partial charge in [-0.3, -0.25) is 5.43 Å². The van der Waals surface area contributed by atoms with Crippen molar-refractivity contribution in [2.45, 2.75) is 0 Å². The summed E-state index contributed by atoms with van der Waals surface area (Å²) in [6.45, 7) is 3.00. The maximum absolute atomic E-state index is 5.55. The zero-order chi connectivity index (χ0) is 22.6. The Bertz CT molecular complexity index is 1240. The smallest absolute Gasteiger partial charge is 0.160 e. The fourth-order valence-electron chi connectivity index (χ4n) is 3.82. The molecule has 3 heterocycles. The molecule has 8 heteroatoms. The molecule has 1 aliphatic rings. The first-order chi connectivity index (χ1) is 16.2. The summed E-state index contributed by atoms with van der Waals surface area (Å²) in [5.41, 5.74) is 7.98. The molecule has 0 unspecified atom stereocenters. The first kappa shape index (κ1) is 21.0. The lowest BCUT2D eigenvalue weighted by molar-refractivity contribution is 0.122. The van der Waals surface area contributed by atoms with Crippen molar-refractivity contribution in [3.8, 4) is 11.3 Å². The number of anilines is 3. The summed E-state index contributed by atoms with van der Waals surface area (Å²) in [4.78, 5) is 9.10. The van der Waals surface area contributed by atoms with Crippen LogP contribution >= 0.6 is 0 Å². The predicted octanol–water partition coefficient (Wildman–Crippen LogP) is 3.74. The number of hydrogen-bond acceptors (Lipinski definition) is 7. The second-order valence-corrected chi connectivity index (χ2v) is 8.12. The molecule has 33 heavy (non-hydrogen) atoms. The molecule has 1 N–H and O–H groups in total. The zero-order valence-electron chi connectivity index (χ0n) is 18.8. The molecule has 0 amide bonds. The van der Waals surface area contributed by atoms with E-state index in [4.69, 9.17) is 14.8 Å². The van der Waals surface area contributed by atoms with Gasteiger partial charge in [-0.15, -0.1) is 0 Å². The maximum atomic E-state index is 5.55. The van der Waals surface area contributed by atoms with E-state index in [1.54, 1.807) is 6.21 Å². The molecule has 168 valence electrons. The van der Waals surface area contributed by atoms with Crippen LogP contribution in [0.15, 0.2) is 71.8 Å². The summed E-state index contributed by atoms with van der Waals surface area (Å²) in [5, 5.41) is 9.27. The summed E-state index contributed by atoms with van der Waals surface area (Å²) >= 11 is 0. The van der Waals surface area contributed by atoms with E-state index in [1.807, 2.05) is 61.1 Å². The number of nitrogens with one attached hydrogen (secondary N) is 1. The van der Waals surface area contributed by atoms with Gasteiger partial charge in [0.05, 0.1) is 25.1 Å². The molecule has 1 saturated heterocycles. The van der Waals surface area contributed by atoms with Crippen molar-refractivity contribution in [1.29, 1.82) is 0 Å². The highest BCUT2D eigenvalue weighted by atomic mass is 16.5. The first-order valence-corrected chi connectivity index (χ1v) is 11.0. The van der Waals surface area contributed by atoms with Crippen LogP contribution in [0, 0.1) is 0 Å². The Hall–Kier alpha value is -3.91. The largest absolute Gasteiger partial charge is 0.378 e. The Morgan fingerprint density at radius 1 is 1.00 bits per heavy atom. The Morgan fingerprint density at radius 2 is 1.76 bits per heavy atom. The molecule has 1 aliphatic heterocycles. The number of nitrogens with zero attached hydrogens (tertiary/aromatic N) is 6. The van der Waals surface area contributed by atoms with E-state index in [-0.39, 0.29) is 0 Å². The van der Waals surface area contributed by atoms with Crippen LogP contribution in [0.1, 0.15) is 5.56 Å². The number of ether oxygens (including phenoxy) is 1. The van der Waals surface area contributed by atoms with E-state index < -0.39 is 0 Å². The van der Waals surface area contributed by atoms with Crippen LogP contribution < -0.4 is 15.2 Å². The highest BCUT2D eigenvalue weighted by molar-refractivity contribution is 5.81. The average Bonchev–Trinajstić information content (AvgIpc) is 3.29.